The lowest BCUT2D eigenvalue weighted by Crippen LogP contribution is -1.74. The van der Waals surface area contributed by atoms with Crippen LogP contribution in [0.4, 0.5) is 0 Å². The first-order valence-electron chi connectivity index (χ1n) is 9.08. The van der Waals surface area contributed by atoms with Gasteiger partial charge in [0.05, 0.1) is 0 Å². The summed E-state index contributed by atoms with van der Waals surface area (Å²) in [7, 11) is -2.62. The second-order valence-corrected chi connectivity index (χ2v) is 7.06. The van der Waals surface area contributed by atoms with Crippen molar-refractivity contribution < 1.29 is 14.7 Å². The van der Waals surface area contributed by atoms with Crippen molar-refractivity contribution in [1.29, 1.82) is 0 Å². The SMILES string of the molecule is Cc1ccccc1C.Cc1ccccc1C.Cc1ccccc1C.OP(O)O. The van der Waals surface area contributed by atoms with Gasteiger partial charge in [-0.25, -0.2) is 0 Å². The van der Waals surface area contributed by atoms with Gasteiger partial charge >= 0.3 is 8.60 Å². The van der Waals surface area contributed by atoms with E-state index in [2.05, 4.69) is 114 Å². The topological polar surface area (TPSA) is 60.7 Å². The molecule has 3 aromatic carbocycles. The molecule has 0 aliphatic carbocycles. The first kappa shape index (κ1) is 26.0. The molecule has 0 saturated heterocycles. The Bertz CT molecular complexity index is 632. The molecule has 0 aliphatic heterocycles. The molecule has 0 aromatic heterocycles. The van der Waals surface area contributed by atoms with Gasteiger partial charge in [0.1, 0.15) is 0 Å². The van der Waals surface area contributed by atoms with E-state index >= 15 is 0 Å². The largest absolute Gasteiger partial charge is 0.328 e. The van der Waals surface area contributed by atoms with E-state index in [0.717, 1.165) is 0 Å². The van der Waals surface area contributed by atoms with E-state index in [1.54, 1.807) is 0 Å². The summed E-state index contributed by atoms with van der Waals surface area (Å²) in [6.07, 6.45) is 0. The maximum Gasteiger partial charge on any atom is 0.324 e. The van der Waals surface area contributed by atoms with Crippen molar-refractivity contribution in [1.82, 2.24) is 0 Å². The zero-order chi connectivity index (χ0) is 21.5. The second-order valence-electron chi connectivity index (χ2n) is 6.52. The van der Waals surface area contributed by atoms with Gasteiger partial charge in [-0.15, -0.1) is 0 Å². The summed E-state index contributed by atoms with van der Waals surface area (Å²) in [6.45, 7) is 12.7. The van der Waals surface area contributed by atoms with Crippen LogP contribution in [0.3, 0.4) is 0 Å². The summed E-state index contributed by atoms with van der Waals surface area (Å²) in [6, 6.07) is 25.1. The molecule has 3 aromatic rings. The van der Waals surface area contributed by atoms with Gasteiger partial charge in [0.15, 0.2) is 0 Å². The Balaban J connectivity index is 0.000000358. The van der Waals surface area contributed by atoms with Crippen LogP contribution in [0.25, 0.3) is 0 Å². The Morgan fingerprint density at radius 2 is 0.500 bits per heavy atom. The fraction of sp³-hybridized carbons (Fsp3) is 0.250. The zero-order valence-corrected chi connectivity index (χ0v) is 18.6. The van der Waals surface area contributed by atoms with Gasteiger partial charge in [-0.1, -0.05) is 72.8 Å². The minimum atomic E-state index is -2.62. The molecule has 4 heteroatoms. The summed E-state index contributed by atoms with van der Waals surface area (Å²) in [5.41, 5.74) is 8.21. The summed E-state index contributed by atoms with van der Waals surface area (Å²) in [5.74, 6) is 0. The van der Waals surface area contributed by atoms with Crippen molar-refractivity contribution in [3.63, 3.8) is 0 Å². The van der Waals surface area contributed by atoms with Crippen molar-refractivity contribution in [2.75, 3.05) is 0 Å². The zero-order valence-electron chi connectivity index (χ0n) is 17.7. The van der Waals surface area contributed by atoms with Gasteiger partial charge in [-0.3, -0.25) is 0 Å². The number of hydrogen-bond donors (Lipinski definition) is 3. The highest BCUT2D eigenvalue weighted by Crippen LogP contribution is 2.11. The number of benzene rings is 3. The van der Waals surface area contributed by atoms with E-state index in [-0.39, 0.29) is 0 Å². The van der Waals surface area contributed by atoms with Crippen LogP contribution in [0.2, 0.25) is 0 Å². The second kappa shape index (κ2) is 15.0. The highest BCUT2D eigenvalue weighted by atomic mass is 31.2. The molecule has 0 radical (unpaired) electrons. The molecule has 0 atom stereocenters. The molecule has 0 amide bonds. The Hall–Kier alpha value is -2.03. The predicted molar refractivity (Wildman–Crippen MR) is 121 cm³/mol. The third-order valence-corrected chi connectivity index (χ3v) is 4.28. The van der Waals surface area contributed by atoms with Crippen molar-refractivity contribution in [3.05, 3.63) is 106 Å². The number of rotatable bonds is 0. The van der Waals surface area contributed by atoms with Crippen molar-refractivity contribution >= 4 is 8.60 Å². The lowest BCUT2D eigenvalue weighted by Gasteiger charge is -1.93. The van der Waals surface area contributed by atoms with Crippen molar-refractivity contribution in [3.8, 4) is 0 Å². The molecule has 0 saturated carbocycles. The summed E-state index contributed by atoms with van der Waals surface area (Å²) in [5, 5.41) is 0. The van der Waals surface area contributed by atoms with Crippen LogP contribution in [0.15, 0.2) is 72.8 Å². The van der Waals surface area contributed by atoms with E-state index in [1.807, 2.05) is 0 Å². The summed E-state index contributed by atoms with van der Waals surface area (Å²) < 4.78 is 0. The Morgan fingerprint density at radius 3 is 0.571 bits per heavy atom. The molecule has 0 fully saturated rings. The highest BCUT2D eigenvalue weighted by Gasteiger charge is 1.85. The fourth-order valence-electron chi connectivity index (χ4n) is 1.99. The van der Waals surface area contributed by atoms with Crippen LogP contribution in [0.1, 0.15) is 33.4 Å². The Morgan fingerprint density at radius 1 is 0.393 bits per heavy atom. The quantitative estimate of drug-likeness (QED) is 0.400. The van der Waals surface area contributed by atoms with Crippen molar-refractivity contribution in [2.24, 2.45) is 0 Å². The lowest BCUT2D eigenvalue weighted by atomic mass is 10.1. The van der Waals surface area contributed by atoms with E-state index in [9.17, 15) is 0 Å². The van der Waals surface area contributed by atoms with Gasteiger partial charge in [0.2, 0.25) is 0 Å². The third kappa shape index (κ3) is 13.2. The highest BCUT2D eigenvalue weighted by molar-refractivity contribution is 7.38. The number of hydrogen-bond acceptors (Lipinski definition) is 3. The molecule has 3 nitrogen and oxygen atoms in total. The maximum atomic E-state index is 7.23. The van der Waals surface area contributed by atoms with Gasteiger partial charge in [0.25, 0.3) is 0 Å². The van der Waals surface area contributed by atoms with Crippen LogP contribution in [-0.2, 0) is 0 Å². The molecular weight excluding hydrogens is 367 g/mol. The van der Waals surface area contributed by atoms with Gasteiger partial charge in [-0.05, 0) is 74.9 Å². The molecule has 0 spiro atoms. The van der Waals surface area contributed by atoms with Crippen LogP contribution in [0.5, 0.6) is 0 Å². The van der Waals surface area contributed by atoms with E-state index < -0.39 is 8.60 Å². The molecule has 0 aliphatic rings. The average Bonchev–Trinajstić information content (AvgIpc) is 2.63. The predicted octanol–water partition coefficient (Wildman–Crippen LogP) is 6.10. The van der Waals surface area contributed by atoms with Crippen LogP contribution in [0, 0.1) is 41.5 Å². The molecule has 0 unspecified atom stereocenters. The summed E-state index contributed by atoms with van der Waals surface area (Å²) >= 11 is 0. The van der Waals surface area contributed by atoms with Gasteiger partial charge in [0, 0.05) is 0 Å². The molecule has 3 N–H and O–H groups in total. The third-order valence-electron chi connectivity index (χ3n) is 4.28. The molecule has 28 heavy (non-hydrogen) atoms. The Labute approximate surface area is 171 Å². The molecule has 0 bridgehead atoms. The smallest absolute Gasteiger partial charge is 0.324 e. The van der Waals surface area contributed by atoms with Gasteiger partial charge in [-0.2, -0.15) is 0 Å². The normalized spacial score (nSPS) is 9.21. The lowest BCUT2D eigenvalue weighted by molar-refractivity contribution is 0.368. The first-order valence-corrected chi connectivity index (χ1v) is 10.3. The summed E-state index contributed by atoms with van der Waals surface area (Å²) in [4.78, 5) is 21.7. The standard InChI is InChI=1S/3C8H10.H3O3P/c3*1-7-5-3-4-6-8(7)2;1-4(2)3/h3*3-6H,1-2H3;1-3H. The van der Waals surface area contributed by atoms with Gasteiger partial charge < -0.3 is 14.7 Å². The fourth-order valence-corrected chi connectivity index (χ4v) is 1.99. The minimum Gasteiger partial charge on any atom is -0.328 e. The first-order chi connectivity index (χ1) is 13.1. The van der Waals surface area contributed by atoms with Crippen LogP contribution >= 0.6 is 8.60 Å². The maximum absolute atomic E-state index is 7.23. The van der Waals surface area contributed by atoms with Crippen LogP contribution < -0.4 is 0 Å². The van der Waals surface area contributed by atoms with E-state index in [0.29, 0.717) is 0 Å². The molecule has 0 heterocycles. The van der Waals surface area contributed by atoms with E-state index in [1.165, 1.54) is 33.4 Å². The monoisotopic (exact) mass is 400 g/mol. The Kier molecular flexibility index (Phi) is 13.9. The molecule has 152 valence electrons. The van der Waals surface area contributed by atoms with Crippen molar-refractivity contribution in [2.45, 2.75) is 41.5 Å². The number of aryl methyl sites for hydroxylation is 6. The average molecular weight is 400 g/mol. The molecule has 3 rings (SSSR count). The minimum absolute atomic E-state index is 1.37. The van der Waals surface area contributed by atoms with Crippen LogP contribution in [-0.4, -0.2) is 14.7 Å². The molecular formula is C24H33O3P. The van der Waals surface area contributed by atoms with E-state index in [4.69, 9.17) is 14.7 Å².